The van der Waals surface area contributed by atoms with Crippen molar-refractivity contribution < 1.29 is 0 Å². The van der Waals surface area contributed by atoms with Gasteiger partial charge in [-0.3, -0.25) is 0 Å². The van der Waals surface area contributed by atoms with Gasteiger partial charge < -0.3 is 9.80 Å². The first-order valence-electron chi connectivity index (χ1n) is 14.0. The van der Waals surface area contributed by atoms with Crippen LogP contribution in [0.2, 0.25) is 0 Å². The van der Waals surface area contributed by atoms with Crippen LogP contribution in [0.15, 0.2) is 120 Å². The molecule has 198 valence electrons. The Morgan fingerprint density at radius 1 is 1.13 bits per heavy atom. The molecule has 0 fully saturated rings. The van der Waals surface area contributed by atoms with Gasteiger partial charge in [0.05, 0.1) is 6.07 Å². The van der Waals surface area contributed by atoms with Crippen molar-refractivity contribution in [1.29, 1.82) is 5.26 Å². The lowest BCUT2D eigenvalue weighted by molar-refractivity contribution is 0.498. The summed E-state index contributed by atoms with van der Waals surface area (Å²) in [4.78, 5) is 4.53. The van der Waals surface area contributed by atoms with Crippen molar-refractivity contribution in [1.82, 2.24) is 4.90 Å². The molecule has 0 aromatic heterocycles. The van der Waals surface area contributed by atoms with E-state index in [9.17, 15) is 5.26 Å². The number of hydrogen-bond donors (Lipinski definition) is 0. The van der Waals surface area contributed by atoms with Crippen molar-refractivity contribution in [3.63, 3.8) is 0 Å². The minimum absolute atomic E-state index is 0.0498. The van der Waals surface area contributed by atoms with E-state index >= 15 is 0 Å². The summed E-state index contributed by atoms with van der Waals surface area (Å²) in [6, 6.07) is 20.1. The summed E-state index contributed by atoms with van der Waals surface area (Å²) in [5, 5.41) is 9.64. The van der Waals surface area contributed by atoms with E-state index in [4.69, 9.17) is 0 Å². The van der Waals surface area contributed by atoms with E-state index < -0.39 is 0 Å². The fraction of sp³-hybridized carbons (Fsp3) is 0.306. The summed E-state index contributed by atoms with van der Waals surface area (Å²) < 4.78 is 0. The van der Waals surface area contributed by atoms with Crippen LogP contribution < -0.4 is 4.90 Å². The Balaban J connectivity index is 1.49. The van der Waals surface area contributed by atoms with Gasteiger partial charge >= 0.3 is 0 Å². The van der Waals surface area contributed by atoms with Crippen LogP contribution >= 0.6 is 0 Å². The van der Waals surface area contributed by atoms with Crippen molar-refractivity contribution in [3.8, 4) is 6.07 Å². The molecular formula is C36H39N3. The summed E-state index contributed by atoms with van der Waals surface area (Å²) >= 11 is 0. The maximum absolute atomic E-state index is 9.64. The van der Waals surface area contributed by atoms with Gasteiger partial charge in [0.2, 0.25) is 0 Å². The highest BCUT2D eigenvalue weighted by Crippen LogP contribution is 2.51. The zero-order chi connectivity index (χ0) is 27.7. The smallest absolute Gasteiger partial charge is 0.0947 e. The average molecular weight is 514 g/mol. The number of fused-ring (bicyclic) bond motifs is 2. The molecule has 39 heavy (non-hydrogen) atoms. The van der Waals surface area contributed by atoms with Crippen LogP contribution in [0.3, 0.4) is 0 Å². The van der Waals surface area contributed by atoms with Crippen molar-refractivity contribution in [2.24, 2.45) is 11.8 Å². The Bertz CT molecular complexity index is 1440. The second-order valence-corrected chi connectivity index (χ2v) is 11.6. The number of nitriles is 1. The third-order valence-corrected chi connectivity index (χ3v) is 8.60. The molecule has 0 N–H and O–H groups in total. The molecule has 0 bridgehead atoms. The second kappa shape index (κ2) is 10.6. The van der Waals surface area contributed by atoms with Crippen LogP contribution in [-0.2, 0) is 5.41 Å². The molecule has 2 unspecified atom stereocenters. The van der Waals surface area contributed by atoms with Crippen molar-refractivity contribution in [3.05, 3.63) is 131 Å². The van der Waals surface area contributed by atoms with Crippen LogP contribution in [0.25, 0.3) is 0 Å². The van der Waals surface area contributed by atoms with Crippen molar-refractivity contribution in [2.75, 3.05) is 18.5 Å². The minimum atomic E-state index is -0.0498. The van der Waals surface area contributed by atoms with E-state index in [1.165, 1.54) is 33.8 Å². The first kappa shape index (κ1) is 26.6. The quantitative estimate of drug-likeness (QED) is 0.362. The number of allylic oxidation sites excluding steroid dienone is 8. The molecule has 1 aliphatic heterocycles. The van der Waals surface area contributed by atoms with Gasteiger partial charge in [-0.2, -0.15) is 5.26 Å². The van der Waals surface area contributed by atoms with E-state index in [0.29, 0.717) is 18.4 Å². The van der Waals surface area contributed by atoms with Crippen LogP contribution in [0.1, 0.15) is 51.7 Å². The lowest BCUT2D eigenvalue weighted by Gasteiger charge is -2.43. The lowest BCUT2D eigenvalue weighted by atomic mass is 9.73. The van der Waals surface area contributed by atoms with Crippen LogP contribution in [0, 0.1) is 23.2 Å². The first-order valence-corrected chi connectivity index (χ1v) is 14.0. The van der Waals surface area contributed by atoms with Crippen molar-refractivity contribution in [2.45, 2.75) is 46.0 Å². The summed E-state index contributed by atoms with van der Waals surface area (Å²) in [5.41, 5.74) is 11.0. The number of para-hydroxylation sites is 2. The standard InChI is InChI=1S/C36H39N3/c1-7-38(6)24-31(26(3)23-37)28-19-20-30(25(2)21-28)27-13-12-14-29(22-27)39-34-17-10-8-15-32(34)36(4,5)33-16-9-11-18-35(33)39/h7-11,13,15-22,25,30H,1,12,14,24H2,2-6H3/b31-26-. The Kier molecular flexibility index (Phi) is 7.23. The molecule has 0 radical (unpaired) electrons. The van der Waals surface area contributed by atoms with Crippen molar-refractivity contribution >= 4 is 11.4 Å². The molecule has 5 rings (SSSR count). The summed E-state index contributed by atoms with van der Waals surface area (Å²) in [7, 11) is 1.99. The van der Waals surface area contributed by atoms with E-state index in [0.717, 1.165) is 29.6 Å². The molecular weight excluding hydrogens is 474 g/mol. The Hall–Kier alpha value is -4.03. The van der Waals surface area contributed by atoms with Gasteiger partial charge in [0, 0.05) is 47.6 Å². The number of rotatable bonds is 6. The summed E-state index contributed by atoms with van der Waals surface area (Å²) in [6.07, 6.45) is 15.6. The maximum Gasteiger partial charge on any atom is 0.0947 e. The minimum Gasteiger partial charge on any atom is -0.377 e. The monoisotopic (exact) mass is 513 g/mol. The molecule has 2 aliphatic carbocycles. The van der Waals surface area contributed by atoms with E-state index in [2.05, 4.69) is 117 Å². The molecule has 0 saturated carbocycles. The average Bonchev–Trinajstić information content (AvgIpc) is 2.95. The topological polar surface area (TPSA) is 30.3 Å². The van der Waals surface area contributed by atoms with Gasteiger partial charge in [-0.1, -0.05) is 88.1 Å². The zero-order valence-electron chi connectivity index (χ0n) is 23.9. The molecule has 0 spiro atoms. The molecule has 0 saturated heterocycles. The van der Waals surface area contributed by atoms with Crippen LogP contribution in [0.4, 0.5) is 11.4 Å². The number of anilines is 2. The van der Waals surface area contributed by atoms with Gasteiger partial charge in [0.1, 0.15) is 0 Å². The van der Waals surface area contributed by atoms with Gasteiger partial charge in [-0.05, 0) is 77.9 Å². The van der Waals surface area contributed by atoms with E-state index in [1.807, 2.05) is 18.9 Å². The third kappa shape index (κ3) is 4.81. The summed E-state index contributed by atoms with van der Waals surface area (Å²) in [6.45, 7) is 13.4. The first-order chi connectivity index (χ1) is 18.8. The molecule has 2 atom stereocenters. The molecule has 0 amide bonds. The fourth-order valence-electron chi connectivity index (χ4n) is 6.35. The Morgan fingerprint density at radius 3 is 2.36 bits per heavy atom. The molecule has 2 aromatic rings. The van der Waals surface area contributed by atoms with Gasteiger partial charge in [-0.15, -0.1) is 0 Å². The van der Waals surface area contributed by atoms with Gasteiger partial charge in [0.25, 0.3) is 0 Å². The predicted molar refractivity (Wildman–Crippen MR) is 164 cm³/mol. The van der Waals surface area contributed by atoms with Gasteiger partial charge in [0.15, 0.2) is 0 Å². The van der Waals surface area contributed by atoms with E-state index in [1.54, 1.807) is 6.20 Å². The molecule has 1 heterocycles. The Labute approximate surface area is 234 Å². The number of likely N-dealkylation sites (N-methyl/N-ethyl adjacent to an activating group) is 1. The molecule has 3 heteroatoms. The molecule has 2 aromatic carbocycles. The number of benzene rings is 2. The highest BCUT2D eigenvalue weighted by atomic mass is 15.2. The highest BCUT2D eigenvalue weighted by Gasteiger charge is 2.37. The van der Waals surface area contributed by atoms with E-state index in [-0.39, 0.29) is 5.41 Å². The van der Waals surface area contributed by atoms with Crippen LogP contribution in [-0.4, -0.2) is 18.5 Å². The largest absolute Gasteiger partial charge is 0.377 e. The number of nitrogens with zero attached hydrogens (tertiary/aromatic N) is 3. The predicted octanol–water partition coefficient (Wildman–Crippen LogP) is 8.73. The SMILES string of the molecule is C=CN(C)C/C(C1=CC(C)C(C2=CCCC(N3c4ccccc4C(C)(C)c4ccccc43)=C2)C=C1)=C(\C)C#N. The molecule has 3 nitrogen and oxygen atoms in total. The number of hydrogen-bond acceptors (Lipinski definition) is 3. The van der Waals surface area contributed by atoms with Crippen LogP contribution in [0.5, 0.6) is 0 Å². The second-order valence-electron chi connectivity index (χ2n) is 11.6. The van der Waals surface area contributed by atoms with Gasteiger partial charge in [-0.25, -0.2) is 0 Å². The fourth-order valence-corrected chi connectivity index (χ4v) is 6.35. The maximum atomic E-state index is 9.64. The lowest BCUT2D eigenvalue weighted by Crippen LogP contribution is -2.33. The zero-order valence-corrected chi connectivity index (χ0v) is 23.9. The normalized spacial score (nSPS) is 21.8. The highest BCUT2D eigenvalue weighted by molar-refractivity contribution is 5.81. The molecule has 3 aliphatic rings. The Morgan fingerprint density at radius 2 is 1.77 bits per heavy atom. The third-order valence-electron chi connectivity index (χ3n) is 8.60. The summed E-state index contributed by atoms with van der Waals surface area (Å²) in [5.74, 6) is 0.624.